The number of carbonyl (C=O) groups is 1. The van der Waals surface area contributed by atoms with Gasteiger partial charge < -0.3 is 10.4 Å². The number of carbonyl (C=O) groups excluding carboxylic acids is 1. The van der Waals surface area contributed by atoms with Gasteiger partial charge in [0.25, 0.3) is 5.91 Å². The van der Waals surface area contributed by atoms with Crippen LogP contribution in [0.25, 0.3) is 6.08 Å². The van der Waals surface area contributed by atoms with E-state index in [1.807, 2.05) is 25.1 Å². The van der Waals surface area contributed by atoms with Gasteiger partial charge in [0, 0.05) is 5.69 Å². The highest BCUT2D eigenvalue weighted by Gasteiger charge is 2.11. The molecule has 2 rings (SSSR count). The molecule has 4 nitrogen and oxygen atoms in total. The lowest BCUT2D eigenvalue weighted by molar-refractivity contribution is -0.112. The molecule has 0 radical (unpaired) electrons. The molecule has 0 aromatic heterocycles. The van der Waals surface area contributed by atoms with Gasteiger partial charge in [-0.3, -0.25) is 4.79 Å². The van der Waals surface area contributed by atoms with Gasteiger partial charge in [0.2, 0.25) is 0 Å². The number of hydrogen-bond acceptors (Lipinski definition) is 3. The summed E-state index contributed by atoms with van der Waals surface area (Å²) in [6.07, 6.45) is 2.26. The van der Waals surface area contributed by atoms with E-state index in [0.29, 0.717) is 11.3 Å². The van der Waals surface area contributed by atoms with Crippen LogP contribution in [0.3, 0.4) is 0 Å². The van der Waals surface area contributed by atoms with Gasteiger partial charge in [-0.05, 0) is 47.9 Å². The number of anilines is 1. The maximum absolute atomic E-state index is 12.2. The number of aryl methyl sites for hydroxylation is 1. The molecule has 2 aromatic carbocycles. The van der Waals surface area contributed by atoms with Crippen LogP contribution in [-0.4, -0.2) is 11.0 Å². The molecular weight excluding hydrogens is 347 g/mol. The smallest absolute Gasteiger partial charge is 0.266 e. The lowest BCUT2D eigenvalue weighted by atomic mass is 10.1. The van der Waals surface area contributed by atoms with E-state index in [4.69, 9.17) is 23.2 Å². The Hall–Kier alpha value is -2.48. The number of benzene rings is 2. The second-order valence-electron chi connectivity index (χ2n) is 5.01. The molecule has 0 fully saturated rings. The Bertz CT molecular complexity index is 814. The van der Waals surface area contributed by atoms with Gasteiger partial charge in [0.05, 0.1) is 10.0 Å². The van der Waals surface area contributed by atoms with Crippen LogP contribution in [0.2, 0.25) is 10.0 Å². The van der Waals surface area contributed by atoms with Gasteiger partial charge >= 0.3 is 0 Å². The molecule has 0 aliphatic rings. The number of aromatic hydroxyl groups is 1. The fraction of sp³-hybridized carbons (Fsp3) is 0.111. The van der Waals surface area contributed by atoms with Gasteiger partial charge in [-0.15, -0.1) is 0 Å². The highest BCUT2D eigenvalue weighted by atomic mass is 35.5. The fourth-order valence-electron chi connectivity index (χ4n) is 2.01. The largest absolute Gasteiger partial charge is 0.505 e. The second kappa shape index (κ2) is 7.87. The van der Waals surface area contributed by atoms with Crippen molar-refractivity contribution in [2.24, 2.45) is 0 Å². The van der Waals surface area contributed by atoms with Crippen molar-refractivity contribution >= 4 is 40.9 Å². The minimum absolute atomic E-state index is 0.0432. The first-order chi connectivity index (χ1) is 11.4. The molecule has 0 spiro atoms. The van der Waals surface area contributed by atoms with E-state index in [-0.39, 0.29) is 21.4 Å². The van der Waals surface area contributed by atoms with Crippen LogP contribution < -0.4 is 5.32 Å². The summed E-state index contributed by atoms with van der Waals surface area (Å²) < 4.78 is 0. The molecule has 0 saturated heterocycles. The topological polar surface area (TPSA) is 73.1 Å². The average molecular weight is 361 g/mol. The molecule has 0 bridgehead atoms. The molecule has 0 saturated carbocycles. The molecule has 0 aliphatic heterocycles. The van der Waals surface area contributed by atoms with Crippen molar-refractivity contribution in [3.05, 3.63) is 63.1 Å². The molecule has 2 N–H and O–H groups in total. The van der Waals surface area contributed by atoms with E-state index in [2.05, 4.69) is 5.32 Å². The number of phenolic OH excluding ortho intramolecular Hbond substituents is 1. The van der Waals surface area contributed by atoms with Crippen molar-refractivity contribution in [2.45, 2.75) is 13.3 Å². The van der Waals surface area contributed by atoms with Crippen molar-refractivity contribution in [1.29, 1.82) is 5.26 Å². The highest BCUT2D eigenvalue weighted by molar-refractivity contribution is 6.37. The number of rotatable bonds is 4. The minimum atomic E-state index is -0.540. The van der Waals surface area contributed by atoms with Gasteiger partial charge in [-0.25, -0.2) is 0 Å². The number of hydrogen-bond donors (Lipinski definition) is 2. The zero-order valence-electron chi connectivity index (χ0n) is 12.8. The third-order valence-electron chi connectivity index (χ3n) is 3.34. The lowest BCUT2D eigenvalue weighted by Gasteiger charge is -2.06. The standard InChI is InChI=1S/C18H14Cl2N2O2/c1-2-11-3-5-14(6-4-11)22-18(24)13(10-21)7-12-8-15(19)17(23)16(20)9-12/h3-9,23H,2H2,1H3,(H,22,24)/b13-7+. The van der Waals surface area contributed by atoms with Crippen molar-refractivity contribution in [2.75, 3.05) is 5.32 Å². The Balaban J connectivity index is 2.23. The van der Waals surface area contributed by atoms with Crippen LogP contribution in [0.5, 0.6) is 5.75 Å². The summed E-state index contributed by atoms with van der Waals surface area (Å²) >= 11 is 11.7. The first-order valence-electron chi connectivity index (χ1n) is 7.14. The van der Waals surface area contributed by atoms with Crippen LogP contribution in [0, 0.1) is 11.3 Å². The summed E-state index contributed by atoms with van der Waals surface area (Å²) in [6.45, 7) is 2.04. The first kappa shape index (κ1) is 17.9. The van der Waals surface area contributed by atoms with Gasteiger partial charge in [-0.1, -0.05) is 42.3 Å². The number of nitrogens with one attached hydrogen (secondary N) is 1. The van der Waals surface area contributed by atoms with Crippen molar-refractivity contribution < 1.29 is 9.90 Å². The molecule has 0 unspecified atom stereocenters. The molecule has 122 valence electrons. The highest BCUT2D eigenvalue weighted by Crippen LogP contribution is 2.33. The SMILES string of the molecule is CCc1ccc(NC(=O)/C(C#N)=C/c2cc(Cl)c(O)c(Cl)c2)cc1. The van der Waals surface area contributed by atoms with Crippen molar-refractivity contribution in [3.8, 4) is 11.8 Å². The maximum atomic E-state index is 12.2. The van der Waals surface area contributed by atoms with E-state index in [1.165, 1.54) is 18.2 Å². The second-order valence-corrected chi connectivity index (χ2v) is 5.82. The monoisotopic (exact) mass is 360 g/mol. The average Bonchev–Trinajstić information content (AvgIpc) is 2.58. The molecule has 2 aromatic rings. The van der Waals surface area contributed by atoms with Crippen LogP contribution >= 0.6 is 23.2 Å². The Morgan fingerprint density at radius 2 is 1.83 bits per heavy atom. The zero-order chi connectivity index (χ0) is 17.7. The summed E-state index contributed by atoms with van der Waals surface area (Å²) in [7, 11) is 0. The Morgan fingerprint density at radius 3 is 2.33 bits per heavy atom. The van der Waals surface area contributed by atoms with Gasteiger partial charge in [0.15, 0.2) is 5.75 Å². The summed E-state index contributed by atoms with van der Waals surface area (Å²) in [5.74, 6) is -0.781. The van der Waals surface area contributed by atoms with Gasteiger partial charge in [0.1, 0.15) is 11.6 Å². The number of phenols is 1. The number of nitriles is 1. The Morgan fingerprint density at radius 1 is 1.25 bits per heavy atom. The first-order valence-corrected chi connectivity index (χ1v) is 7.90. The van der Waals surface area contributed by atoms with E-state index in [1.54, 1.807) is 12.1 Å². The van der Waals surface area contributed by atoms with E-state index < -0.39 is 5.91 Å². The molecule has 0 atom stereocenters. The summed E-state index contributed by atoms with van der Waals surface area (Å²) in [5, 5.41) is 21.5. The van der Waals surface area contributed by atoms with Crippen LogP contribution in [0.15, 0.2) is 42.0 Å². The van der Waals surface area contributed by atoms with Gasteiger partial charge in [-0.2, -0.15) is 5.26 Å². The lowest BCUT2D eigenvalue weighted by Crippen LogP contribution is -2.13. The molecule has 24 heavy (non-hydrogen) atoms. The van der Waals surface area contributed by atoms with E-state index in [0.717, 1.165) is 12.0 Å². The number of amides is 1. The predicted octanol–water partition coefficient (Wildman–Crippen LogP) is 4.81. The molecule has 0 heterocycles. The molecular formula is C18H14Cl2N2O2. The third kappa shape index (κ3) is 4.29. The van der Waals surface area contributed by atoms with E-state index >= 15 is 0 Å². The Labute approximate surface area is 149 Å². The zero-order valence-corrected chi connectivity index (χ0v) is 14.3. The summed E-state index contributed by atoms with van der Waals surface area (Å²) in [6, 6.07) is 12.1. The van der Waals surface area contributed by atoms with Crippen molar-refractivity contribution in [1.82, 2.24) is 0 Å². The van der Waals surface area contributed by atoms with Crippen LogP contribution in [-0.2, 0) is 11.2 Å². The quantitative estimate of drug-likeness (QED) is 0.606. The van der Waals surface area contributed by atoms with E-state index in [9.17, 15) is 15.2 Å². The normalized spacial score (nSPS) is 11.0. The fourth-order valence-corrected chi connectivity index (χ4v) is 2.51. The van der Waals surface area contributed by atoms with Crippen LogP contribution in [0.4, 0.5) is 5.69 Å². The molecule has 1 amide bonds. The van der Waals surface area contributed by atoms with Crippen molar-refractivity contribution in [3.63, 3.8) is 0 Å². The molecule has 0 aliphatic carbocycles. The number of halogens is 2. The Kier molecular flexibility index (Phi) is 5.86. The minimum Gasteiger partial charge on any atom is -0.505 e. The maximum Gasteiger partial charge on any atom is 0.266 e. The third-order valence-corrected chi connectivity index (χ3v) is 3.91. The summed E-state index contributed by atoms with van der Waals surface area (Å²) in [5.41, 5.74) is 2.08. The predicted molar refractivity (Wildman–Crippen MR) is 96.2 cm³/mol. The number of nitrogens with zero attached hydrogens (tertiary/aromatic N) is 1. The van der Waals surface area contributed by atoms with Crippen LogP contribution in [0.1, 0.15) is 18.1 Å². The summed E-state index contributed by atoms with van der Waals surface area (Å²) in [4.78, 5) is 12.2. The molecule has 6 heteroatoms.